The third-order valence-corrected chi connectivity index (χ3v) is 4.27. The second-order valence-corrected chi connectivity index (χ2v) is 6.08. The van der Waals surface area contributed by atoms with Crippen molar-refractivity contribution >= 4 is 22.5 Å². The molecule has 3 heterocycles. The molecule has 3 aromatic heterocycles. The van der Waals surface area contributed by atoms with Crippen LogP contribution in [0, 0.1) is 18.7 Å². The summed E-state index contributed by atoms with van der Waals surface area (Å²) in [6, 6.07) is 13.4. The van der Waals surface area contributed by atoms with E-state index in [9.17, 15) is 8.78 Å². The second-order valence-electron chi connectivity index (χ2n) is 6.08. The predicted molar refractivity (Wildman–Crippen MR) is 93.7 cm³/mol. The van der Waals surface area contributed by atoms with Gasteiger partial charge in [-0.25, -0.2) is 4.98 Å². The van der Waals surface area contributed by atoms with Crippen molar-refractivity contribution in [1.82, 2.24) is 14.4 Å². The van der Waals surface area contributed by atoms with Crippen LogP contribution in [0.1, 0.15) is 11.1 Å². The number of pyridine rings is 2. The molecule has 4 rings (SSSR count). The Morgan fingerprint density at radius 2 is 1.80 bits per heavy atom. The van der Waals surface area contributed by atoms with Crippen molar-refractivity contribution in [3.63, 3.8) is 0 Å². The molecule has 1 aromatic carbocycles. The van der Waals surface area contributed by atoms with E-state index in [1.807, 2.05) is 43.3 Å². The van der Waals surface area contributed by atoms with Gasteiger partial charge in [-0.15, -0.1) is 0 Å². The van der Waals surface area contributed by atoms with Crippen molar-refractivity contribution in [2.75, 3.05) is 11.9 Å². The van der Waals surface area contributed by atoms with Crippen LogP contribution < -0.4 is 4.90 Å². The maximum atomic E-state index is 14.4. The Morgan fingerprint density at radius 1 is 1.04 bits per heavy atom. The zero-order chi connectivity index (χ0) is 17.6. The van der Waals surface area contributed by atoms with Gasteiger partial charge in [-0.2, -0.15) is 13.8 Å². The van der Waals surface area contributed by atoms with Crippen molar-refractivity contribution < 1.29 is 8.78 Å². The Balaban J connectivity index is 1.93. The summed E-state index contributed by atoms with van der Waals surface area (Å²) in [7, 11) is 1.79. The first kappa shape index (κ1) is 15.5. The van der Waals surface area contributed by atoms with Crippen molar-refractivity contribution in [1.29, 1.82) is 0 Å². The largest absolute Gasteiger partial charge is 0.353 e. The van der Waals surface area contributed by atoms with Crippen LogP contribution in [0.4, 0.5) is 14.6 Å². The number of aryl methyl sites for hydroxylation is 1. The average Bonchev–Trinajstić information content (AvgIpc) is 3.00. The van der Waals surface area contributed by atoms with Gasteiger partial charge < -0.3 is 4.90 Å². The van der Waals surface area contributed by atoms with Crippen LogP contribution in [0.25, 0.3) is 16.7 Å². The molecule has 0 unspecified atom stereocenters. The second kappa shape index (κ2) is 5.81. The van der Waals surface area contributed by atoms with Gasteiger partial charge in [-0.1, -0.05) is 36.4 Å². The maximum absolute atomic E-state index is 14.4. The van der Waals surface area contributed by atoms with Crippen molar-refractivity contribution in [3.05, 3.63) is 71.6 Å². The summed E-state index contributed by atoms with van der Waals surface area (Å²) in [6.07, 6.45) is 1.68. The SMILES string of the molecule is Cc1cccn2c1nc1c(N(C)Cc3ccccc3)nc(F)c(F)c12. The number of imidazole rings is 1. The molecule has 0 saturated carbocycles. The lowest BCUT2D eigenvalue weighted by Crippen LogP contribution is -2.19. The Hall–Kier alpha value is -3.02. The van der Waals surface area contributed by atoms with Gasteiger partial charge in [0.05, 0.1) is 0 Å². The third kappa shape index (κ3) is 2.50. The monoisotopic (exact) mass is 338 g/mol. The van der Waals surface area contributed by atoms with Crippen LogP contribution in [0.3, 0.4) is 0 Å². The highest BCUT2D eigenvalue weighted by atomic mass is 19.2. The Labute approximate surface area is 143 Å². The van der Waals surface area contributed by atoms with Gasteiger partial charge in [0, 0.05) is 19.8 Å². The minimum atomic E-state index is -1.12. The van der Waals surface area contributed by atoms with Crippen LogP contribution in [-0.4, -0.2) is 21.4 Å². The predicted octanol–water partition coefficient (Wildman–Crippen LogP) is 4.11. The number of fused-ring (bicyclic) bond motifs is 3. The van der Waals surface area contributed by atoms with E-state index in [1.54, 1.807) is 28.6 Å². The van der Waals surface area contributed by atoms with Crippen LogP contribution in [0.15, 0.2) is 48.7 Å². The van der Waals surface area contributed by atoms with Crippen molar-refractivity contribution in [3.8, 4) is 0 Å². The van der Waals surface area contributed by atoms with E-state index < -0.39 is 11.8 Å². The lowest BCUT2D eigenvalue weighted by molar-refractivity contribution is 0.485. The molecule has 0 saturated heterocycles. The summed E-state index contributed by atoms with van der Waals surface area (Å²) in [6.45, 7) is 2.40. The molecule has 0 aliphatic heterocycles. The number of halogens is 2. The van der Waals surface area contributed by atoms with E-state index in [1.165, 1.54) is 0 Å². The highest BCUT2D eigenvalue weighted by molar-refractivity contribution is 5.90. The Bertz CT molecular complexity index is 1070. The molecule has 0 fully saturated rings. The fourth-order valence-corrected chi connectivity index (χ4v) is 3.06. The fraction of sp³-hybridized carbons (Fsp3) is 0.158. The standard InChI is InChI=1S/C19H16F2N4/c1-12-7-6-10-25-16-14(20)17(21)23-19(15(16)22-18(12)25)24(2)11-13-8-4-3-5-9-13/h3-10H,11H2,1-2H3. The molecule has 0 aliphatic rings. The van der Waals surface area contributed by atoms with Gasteiger partial charge in [0.1, 0.15) is 16.7 Å². The topological polar surface area (TPSA) is 33.4 Å². The van der Waals surface area contributed by atoms with Crippen molar-refractivity contribution in [2.24, 2.45) is 0 Å². The smallest absolute Gasteiger partial charge is 0.253 e. The minimum Gasteiger partial charge on any atom is -0.353 e. The highest BCUT2D eigenvalue weighted by Crippen LogP contribution is 2.29. The molecule has 0 N–H and O–H groups in total. The molecule has 0 spiro atoms. The first-order valence-corrected chi connectivity index (χ1v) is 7.93. The number of anilines is 1. The van der Waals surface area contributed by atoms with Gasteiger partial charge >= 0.3 is 0 Å². The zero-order valence-corrected chi connectivity index (χ0v) is 13.9. The molecule has 4 nitrogen and oxygen atoms in total. The summed E-state index contributed by atoms with van der Waals surface area (Å²) in [4.78, 5) is 10.1. The molecule has 126 valence electrons. The van der Waals surface area contributed by atoms with Crippen LogP contribution in [0.2, 0.25) is 0 Å². The van der Waals surface area contributed by atoms with Crippen molar-refractivity contribution in [2.45, 2.75) is 13.5 Å². The van der Waals surface area contributed by atoms with E-state index >= 15 is 0 Å². The van der Waals surface area contributed by atoms with Crippen LogP contribution >= 0.6 is 0 Å². The van der Waals surface area contributed by atoms with Gasteiger partial charge in [0.15, 0.2) is 5.82 Å². The van der Waals surface area contributed by atoms with E-state index in [4.69, 9.17) is 0 Å². The molecule has 0 amide bonds. The Morgan fingerprint density at radius 3 is 2.56 bits per heavy atom. The molecule has 0 radical (unpaired) electrons. The van der Waals surface area contributed by atoms with Crippen LogP contribution in [-0.2, 0) is 6.54 Å². The van der Waals surface area contributed by atoms with Gasteiger partial charge in [-0.05, 0) is 24.1 Å². The first-order chi connectivity index (χ1) is 12.1. The van der Waals surface area contributed by atoms with E-state index in [0.717, 1.165) is 11.1 Å². The molecule has 6 heteroatoms. The normalized spacial score (nSPS) is 11.4. The Kier molecular flexibility index (Phi) is 3.60. The number of hydrogen-bond acceptors (Lipinski definition) is 3. The number of nitrogens with zero attached hydrogens (tertiary/aromatic N) is 4. The molecular weight excluding hydrogens is 322 g/mol. The molecule has 0 aliphatic carbocycles. The maximum Gasteiger partial charge on any atom is 0.253 e. The lowest BCUT2D eigenvalue weighted by Gasteiger charge is -2.18. The fourth-order valence-electron chi connectivity index (χ4n) is 3.06. The van der Waals surface area contributed by atoms with E-state index in [-0.39, 0.29) is 5.52 Å². The summed E-state index contributed by atoms with van der Waals surface area (Å²) in [5.41, 5.74) is 2.99. The quantitative estimate of drug-likeness (QED) is 0.527. The molecule has 4 aromatic rings. The number of hydrogen-bond donors (Lipinski definition) is 0. The summed E-state index contributed by atoms with van der Waals surface area (Å²) >= 11 is 0. The molecule has 0 bridgehead atoms. The van der Waals surface area contributed by atoms with Gasteiger partial charge in [-0.3, -0.25) is 4.40 Å². The molecule has 0 atom stereocenters. The van der Waals surface area contributed by atoms with Gasteiger partial charge in [0.25, 0.3) is 5.95 Å². The highest BCUT2D eigenvalue weighted by Gasteiger charge is 2.22. The lowest BCUT2D eigenvalue weighted by atomic mass is 10.2. The summed E-state index contributed by atoms with van der Waals surface area (Å²) in [5, 5.41) is 0. The number of benzene rings is 1. The first-order valence-electron chi connectivity index (χ1n) is 7.93. The summed E-state index contributed by atoms with van der Waals surface area (Å²) < 4.78 is 30.2. The average molecular weight is 338 g/mol. The third-order valence-electron chi connectivity index (χ3n) is 4.27. The minimum absolute atomic E-state index is 0.112. The van der Waals surface area contributed by atoms with E-state index in [0.29, 0.717) is 23.5 Å². The summed E-state index contributed by atoms with van der Waals surface area (Å²) in [5.74, 6) is -1.78. The number of rotatable bonds is 3. The molecule has 25 heavy (non-hydrogen) atoms. The van der Waals surface area contributed by atoms with Gasteiger partial charge in [0.2, 0.25) is 5.82 Å². The van der Waals surface area contributed by atoms with Crippen LogP contribution in [0.5, 0.6) is 0 Å². The zero-order valence-electron chi connectivity index (χ0n) is 13.9. The molecular formula is C19H16F2N4. The number of aromatic nitrogens is 3. The van der Waals surface area contributed by atoms with E-state index in [2.05, 4.69) is 9.97 Å².